The molecule has 0 aromatic carbocycles. The minimum absolute atomic E-state index is 0.000108. The molecule has 106 valence electrons. The smallest absolute Gasteiger partial charge is 0.270 e. The lowest BCUT2D eigenvalue weighted by Gasteiger charge is -2.33. The largest absolute Gasteiger partial charge is 0.385 e. The van der Waals surface area contributed by atoms with Gasteiger partial charge in [-0.15, -0.1) is 0 Å². The molecule has 6 heteroatoms. The molecule has 19 heavy (non-hydrogen) atoms. The lowest BCUT2D eigenvalue weighted by Crippen LogP contribution is -2.46. The van der Waals surface area contributed by atoms with Crippen molar-refractivity contribution < 1.29 is 14.3 Å². The van der Waals surface area contributed by atoms with Gasteiger partial charge in [0.15, 0.2) is 0 Å². The van der Waals surface area contributed by atoms with Gasteiger partial charge in [0.1, 0.15) is 5.69 Å². The third-order valence-corrected chi connectivity index (χ3v) is 3.47. The first kappa shape index (κ1) is 14.4. The molecular formula is C13H19ClN2O3. The highest BCUT2D eigenvalue weighted by atomic mass is 35.5. The Bertz CT molecular complexity index is 447. The Hall–Kier alpha value is -1.04. The van der Waals surface area contributed by atoms with Crippen LogP contribution in [-0.4, -0.2) is 54.9 Å². The molecule has 2 heterocycles. The van der Waals surface area contributed by atoms with Gasteiger partial charge in [-0.05, 0) is 12.5 Å². The molecule has 0 N–H and O–H groups in total. The average molecular weight is 287 g/mol. The standard InChI is InChI=1S/C13H19ClN2O3/c1-15-8-10(14)7-12(15)13(17)16-4-6-19-11(9-16)3-5-18-2/h7-8,11H,3-6,9H2,1-2H3/t11-/m0/s1. The summed E-state index contributed by atoms with van der Waals surface area (Å²) in [5.41, 5.74) is 0.609. The van der Waals surface area contributed by atoms with Crippen molar-refractivity contribution in [3.8, 4) is 0 Å². The summed E-state index contributed by atoms with van der Waals surface area (Å²) in [6.07, 6.45) is 2.58. The number of morpholine rings is 1. The van der Waals surface area contributed by atoms with Gasteiger partial charge in [-0.25, -0.2) is 0 Å². The molecule has 1 amide bonds. The molecule has 1 aromatic rings. The molecule has 0 aliphatic carbocycles. The Balaban J connectivity index is 2.01. The van der Waals surface area contributed by atoms with E-state index in [2.05, 4.69) is 0 Å². The average Bonchev–Trinajstić information content (AvgIpc) is 2.75. The van der Waals surface area contributed by atoms with Gasteiger partial charge in [0.2, 0.25) is 0 Å². The van der Waals surface area contributed by atoms with Crippen LogP contribution in [0.3, 0.4) is 0 Å². The number of nitrogens with zero attached hydrogens (tertiary/aromatic N) is 2. The highest BCUT2D eigenvalue weighted by Crippen LogP contribution is 2.17. The number of halogens is 1. The highest BCUT2D eigenvalue weighted by Gasteiger charge is 2.26. The highest BCUT2D eigenvalue weighted by molar-refractivity contribution is 6.31. The van der Waals surface area contributed by atoms with Crippen molar-refractivity contribution in [3.05, 3.63) is 23.0 Å². The van der Waals surface area contributed by atoms with E-state index in [1.54, 1.807) is 23.9 Å². The molecule has 0 bridgehead atoms. The van der Waals surface area contributed by atoms with Crippen LogP contribution in [0, 0.1) is 0 Å². The van der Waals surface area contributed by atoms with Crippen molar-refractivity contribution in [3.63, 3.8) is 0 Å². The van der Waals surface area contributed by atoms with Crippen molar-refractivity contribution in [2.45, 2.75) is 12.5 Å². The summed E-state index contributed by atoms with van der Waals surface area (Å²) in [5.74, 6) is 0.000108. The molecule has 1 aliphatic rings. The van der Waals surface area contributed by atoms with E-state index in [-0.39, 0.29) is 12.0 Å². The van der Waals surface area contributed by atoms with Gasteiger partial charge in [0, 0.05) is 40.1 Å². The van der Waals surface area contributed by atoms with E-state index in [1.807, 2.05) is 11.9 Å². The fourth-order valence-electron chi connectivity index (χ4n) is 2.23. The van der Waals surface area contributed by atoms with Crippen LogP contribution in [0.15, 0.2) is 12.3 Å². The van der Waals surface area contributed by atoms with Crippen LogP contribution >= 0.6 is 11.6 Å². The number of amides is 1. The molecule has 0 unspecified atom stereocenters. The zero-order valence-electron chi connectivity index (χ0n) is 11.3. The maximum Gasteiger partial charge on any atom is 0.270 e. The summed E-state index contributed by atoms with van der Waals surface area (Å²) in [4.78, 5) is 14.2. The van der Waals surface area contributed by atoms with Gasteiger partial charge in [0.05, 0.1) is 17.7 Å². The van der Waals surface area contributed by atoms with Crippen LogP contribution in [-0.2, 0) is 16.5 Å². The molecule has 1 aliphatic heterocycles. The number of aromatic nitrogens is 1. The number of ether oxygens (including phenoxy) is 2. The first-order valence-electron chi connectivity index (χ1n) is 6.33. The van der Waals surface area contributed by atoms with Gasteiger partial charge in [0.25, 0.3) is 5.91 Å². The number of rotatable bonds is 4. The molecule has 2 rings (SSSR count). The van der Waals surface area contributed by atoms with Gasteiger partial charge in [-0.2, -0.15) is 0 Å². The van der Waals surface area contributed by atoms with Crippen molar-refractivity contribution in [2.24, 2.45) is 7.05 Å². The quantitative estimate of drug-likeness (QED) is 0.844. The van der Waals surface area contributed by atoms with Crippen LogP contribution in [0.1, 0.15) is 16.9 Å². The molecule has 0 saturated carbocycles. The minimum atomic E-state index is 0.000108. The van der Waals surface area contributed by atoms with Gasteiger partial charge in [-0.3, -0.25) is 4.79 Å². The van der Waals surface area contributed by atoms with E-state index in [4.69, 9.17) is 21.1 Å². The molecule has 5 nitrogen and oxygen atoms in total. The summed E-state index contributed by atoms with van der Waals surface area (Å²) < 4.78 is 12.4. The molecule has 1 aromatic heterocycles. The van der Waals surface area contributed by atoms with Crippen LogP contribution in [0.2, 0.25) is 5.02 Å². The number of hydrogen-bond acceptors (Lipinski definition) is 3. The summed E-state index contributed by atoms with van der Waals surface area (Å²) >= 11 is 5.91. The zero-order valence-corrected chi connectivity index (χ0v) is 12.0. The van der Waals surface area contributed by atoms with Crippen molar-refractivity contribution >= 4 is 17.5 Å². The Morgan fingerprint density at radius 1 is 1.63 bits per heavy atom. The first-order chi connectivity index (χ1) is 9.11. The summed E-state index contributed by atoms with van der Waals surface area (Å²) in [6.45, 7) is 2.43. The van der Waals surface area contributed by atoms with E-state index in [9.17, 15) is 4.79 Å². The monoisotopic (exact) mass is 286 g/mol. The lowest BCUT2D eigenvalue weighted by atomic mass is 10.2. The molecule has 1 fully saturated rings. The molecule has 0 radical (unpaired) electrons. The van der Waals surface area contributed by atoms with E-state index in [0.717, 1.165) is 6.42 Å². The van der Waals surface area contributed by atoms with E-state index < -0.39 is 0 Å². The van der Waals surface area contributed by atoms with Crippen LogP contribution in [0.4, 0.5) is 0 Å². The van der Waals surface area contributed by atoms with Crippen LogP contribution in [0.5, 0.6) is 0 Å². The second kappa shape index (κ2) is 6.41. The van der Waals surface area contributed by atoms with E-state index in [0.29, 0.717) is 37.0 Å². The van der Waals surface area contributed by atoms with Crippen molar-refractivity contribution in [2.75, 3.05) is 33.4 Å². The van der Waals surface area contributed by atoms with E-state index in [1.165, 1.54) is 0 Å². The zero-order chi connectivity index (χ0) is 13.8. The Kier molecular flexibility index (Phi) is 4.85. The fourth-order valence-corrected chi connectivity index (χ4v) is 2.48. The maximum absolute atomic E-state index is 12.4. The van der Waals surface area contributed by atoms with Gasteiger partial charge < -0.3 is 18.9 Å². The van der Waals surface area contributed by atoms with Gasteiger partial charge in [-0.1, -0.05) is 11.6 Å². The predicted molar refractivity (Wildman–Crippen MR) is 72.6 cm³/mol. The molecule has 1 atom stereocenters. The lowest BCUT2D eigenvalue weighted by molar-refractivity contribution is -0.0335. The minimum Gasteiger partial charge on any atom is -0.385 e. The van der Waals surface area contributed by atoms with Crippen molar-refractivity contribution in [1.82, 2.24) is 9.47 Å². The van der Waals surface area contributed by atoms with Gasteiger partial charge >= 0.3 is 0 Å². The maximum atomic E-state index is 12.4. The number of hydrogen-bond donors (Lipinski definition) is 0. The molecular weight excluding hydrogens is 268 g/mol. The van der Waals surface area contributed by atoms with Crippen LogP contribution < -0.4 is 0 Å². The van der Waals surface area contributed by atoms with Crippen LogP contribution in [0.25, 0.3) is 0 Å². The molecule has 1 saturated heterocycles. The SMILES string of the molecule is COCC[C@H]1CN(C(=O)c2cc(Cl)cn2C)CCO1. The third kappa shape index (κ3) is 3.49. The first-order valence-corrected chi connectivity index (χ1v) is 6.71. The topological polar surface area (TPSA) is 43.7 Å². The predicted octanol–water partition coefficient (Wildman–Crippen LogP) is 1.56. The summed E-state index contributed by atoms with van der Waals surface area (Å²) in [7, 11) is 3.49. The second-order valence-electron chi connectivity index (χ2n) is 4.68. The van der Waals surface area contributed by atoms with E-state index >= 15 is 0 Å². The summed E-state index contributed by atoms with van der Waals surface area (Å²) in [6, 6.07) is 1.70. The fraction of sp³-hybridized carbons (Fsp3) is 0.615. The number of carbonyl (C=O) groups is 1. The Morgan fingerprint density at radius 2 is 2.42 bits per heavy atom. The number of aryl methyl sites for hydroxylation is 1. The number of methoxy groups -OCH3 is 1. The Morgan fingerprint density at radius 3 is 3.05 bits per heavy atom. The normalized spacial score (nSPS) is 19.7. The Labute approximate surface area is 118 Å². The third-order valence-electron chi connectivity index (χ3n) is 3.26. The summed E-state index contributed by atoms with van der Waals surface area (Å²) in [5, 5.41) is 0.579. The van der Waals surface area contributed by atoms with Crippen molar-refractivity contribution in [1.29, 1.82) is 0 Å². The second-order valence-corrected chi connectivity index (χ2v) is 5.12. The number of carbonyl (C=O) groups excluding carboxylic acids is 1. The molecule has 0 spiro atoms.